The smallest absolute Gasteiger partial charge is 0.321 e. The molecule has 2 N–H and O–H groups in total. The number of halogens is 2. The summed E-state index contributed by atoms with van der Waals surface area (Å²) in [7, 11) is 0. The predicted molar refractivity (Wildman–Crippen MR) is 72.4 cm³/mol. The van der Waals surface area contributed by atoms with Gasteiger partial charge in [-0.1, -0.05) is 11.6 Å². The van der Waals surface area contributed by atoms with E-state index >= 15 is 0 Å². The van der Waals surface area contributed by atoms with E-state index in [-0.39, 0.29) is 17.3 Å². The van der Waals surface area contributed by atoms with Crippen molar-refractivity contribution >= 4 is 29.3 Å². The molecule has 1 aliphatic heterocycles. The second-order valence-electron chi connectivity index (χ2n) is 4.68. The molecule has 1 atom stereocenters. The predicted octanol–water partition coefficient (Wildman–Crippen LogP) is 2.81. The molecule has 0 aliphatic carbocycles. The van der Waals surface area contributed by atoms with Crippen LogP contribution < -0.4 is 5.32 Å². The molecule has 1 unspecified atom stereocenters. The summed E-state index contributed by atoms with van der Waals surface area (Å²) in [5, 5.41) is 11.6. The average molecular weight is 301 g/mol. The maximum Gasteiger partial charge on any atom is 0.321 e. The number of nitrogens with zero attached hydrogens (tertiary/aromatic N) is 1. The summed E-state index contributed by atoms with van der Waals surface area (Å²) in [6, 6.07) is 3.44. The highest BCUT2D eigenvalue weighted by molar-refractivity contribution is 6.30. The third kappa shape index (κ3) is 3.39. The first kappa shape index (κ1) is 14.6. The van der Waals surface area contributed by atoms with E-state index in [0.29, 0.717) is 19.4 Å². The van der Waals surface area contributed by atoms with E-state index in [1.54, 1.807) is 0 Å². The van der Waals surface area contributed by atoms with Gasteiger partial charge in [0.1, 0.15) is 5.82 Å². The Morgan fingerprint density at radius 2 is 2.20 bits per heavy atom. The van der Waals surface area contributed by atoms with Crippen molar-refractivity contribution in [2.24, 2.45) is 5.92 Å². The van der Waals surface area contributed by atoms with Crippen molar-refractivity contribution in [1.82, 2.24) is 4.90 Å². The number of piperidine rings is 1. The number of hydrogen-bond donors (Lipinski definition) is 2. The van der Waals surface area contributed by atoms with Crippen molar-refractivity contribution in [1.29, 1.82) is 0 Å². The molecule has 0 aromatic heterocycles. The molecule has 7 heteroatoms. The van der Waals surface area contributed by atoms with Gasteiger partial charge in [-0.3, -0.25) is 4.79 Å². The first-order valence-corrected chi connectivity index (χ1v) is 6.59. The zero-order valence-electron chi connectivity index (χ0n) is 10.6. The Labute approximate surface area is 120 Å². The highest BCUT2D eigenvalue weighted by Crippen LogP contribution is 2.21. The van der Waals surface area contributed by atoms with Crippen LogP contribution in [-0.4, -0.2) is 35.1 Å². The molecule has 20 heavy (non-hydrogen) atoms. The molecular formula is C13H14ClFN2O3. The molecule has 0 bridgehead atoms. The van der Waals surface area contributed by atoms with Gasteiger partial charge in [-0.2, -0.15) is 0 Å². The summed E-state index contributed by atoms with van der Waals surface area (Å²) in [4.78, 5) is 24.3. The Morgan fingerprint density at radius 1 is 1.45 bits per heavy atom. The Balaban J connectivity index is 2.02. The number of carboxylic acids is 1. The van der Waals surface area contributed by atoms with Gasteiger partial charge in [0.15, 0.2) is 0 Å². The fourth-order valence-corrected chi connectivity index (χ4v) is 2.31. The summed E-state index contributed by atoms with van der Waals surface area (Å²) in [5.74, 6) is -2.11. The molecule has 1 aromatic rings. The summed E-state index contributed by atoms with van der Waals surface area (Å²) < 4.78 is 13.6. The maximum atomic E-state index is 13.6. The fraction of sp³-hybridized carbons (Fsp3) is 0.385. The molecule has 1 aliphatic rings. The monoisotopic (exact) mass is 300 g/mol. The van der Waals surface area contributed by atoms with Gasteiger partial charge in [0.05, 0.1) is 11.6 Å². The van der Waals surface area contributed by atoms with Crippen LogP contribution in [0.3, 0.4) is 0 Å². The van der Waals surface area contributed by atoms with E-state index in [4.69, 9.17) is 16.7 Å². The van der Waals surface area contributed by atoms with E-state index in [1.165, 1.54) is 17.0 Å². The SMILES string of the molecule is O=C(O)C1CCCN(C(=O)Nc2ccc(Cl)cc2F)C1. The van der Waals surface area contributed by atoms with Crippen molar-refractivity contribution in [3.63, 3.8) is 0 Å². The van der Waals surface area contributed by atoms with Crippen LogP contribution in [-0.2, 0) is 4.79 Å². The van der Waals surface area contributed by atoms with Gasteiger partial charge in [-0.05, 0) is 31.0 Å². The maximum absolute atomic E-state index is 13.6. The number of benzene rings is 1. The lowest BCUT2D eigenvalue weighted by Gasteiger charge is -2.30. The van der Waals surface area contributed by atoms with Gasteiger partial charge in [0.2, 0.25) is 0 Å². The summed E-state index contributed by atoms with van der Waals surface area (Å²) in [5.41, 5.74) is 0.0249. The highest BCUT2D eigenvalue weighted by Gasteiger charge is 2.28. The van der Waals surface area contributed by atoms with Crippen LogP contribution in [0.5, 0.6) is 0 Å². The van der Waals surface area contributed by atoms with Gasteiger partial charge in [0.25, 0.3) is 0 Å². The normalized spacial score (nSPS) is 18.7. The van der Waals surface area contributed by atoms with Crippen molar-refractivity contribution < 1.29 is 19.1 Å². The Hall–Kier alpha value is -1.82. The lowest BCUT2D eigenvalue weighted by Crippen LogP contribution is -2.44. The topological polar surface area (TPSA) is 69.6 Å². The second-order valence-corrected chi connectivity index (χ2v) is 5.11. The van der Waals surface area contributed by atoms with Gasteiger partial charge < -0.3 is 15.3 Å². The van der Waals surface area contributed by atoms with Gasteiger partial charge >= 0.3 is 12.0 Å². The molecule has 5 nitrogen and oxygen atoms in total. The number of carboxylic acid groups (broad SMARTS) is 1. The van der Waals surface area contributed by atoms with E-state index < -0.39 is 23.7 Å². The van der Waals surface area contributed by atoms with Gasteiger partial charge in [-0.15, -0.1) is 0 Å². The number of nitrogens with one attached hydrogen (secondary N) is 1. The number of amides is 2. The van der Waals surface area contributed by atoms with E-state index in [9.17, 15) is 14.0 Å². The second kappa shape index (κ2) is 6.09. The molecule has 1 fully saturated rings. The average Bonchev–Trinajstić information content (AvgIpc) is 2.42. The van der Waals surface area contributed by atoms with Crippen molar-refractivity contribution in [2.75, 3.05) is 18.4 Å². The third-order valence-corrected chi connectivity index (χ3v) is 3.47. The Morgan fingerprint density at radius 3 is 2.85 bits per heavy atom. The minimum atomic E-state index is -0.917. The number of carbonyl (C=O) groups is 2. The van der Waals surface area contributed by atoms with Crippen molar-refractivity contribution in [3.05, 3.63) is 29.0 Å². The first-order valence-electron chi connectivity index (χ1n) is 6.21. The third-order valence-electron chi connectivity index (χ3n) is 3.23. The first-order chi connectivity index (χ1) is 9.47. The van der Waals surface area contributed by atoms with Crippen LogP contribution in [0, 0.1) is 11.7 Å². The molecule has 0 saturated carbocycles. The minimum absolute atomic E-state index is 0.0249. The molecule has 2 amide bonds. The number of urea groups is 1. The molecule has 1 aromatic carbocycles. The Kier molecular flexibility index (Phi) is 4.44. The number of aliphatic carboxylic acids is 1. The molecule has 0 spiro atoms. The zero-order chi connectivity index (χ0) is 14.7. The number of likely N-dealkylation sites (tertiary alicyclic amines) is 1. The van der Waals surface area contributed by atoms with E-state index in [1.807, 2.05) is 0 Å². The standard InChI is InChI=1S/C13H14ClFN2O3/c14-9-3-4-11(10(15)6-9)16-13(20)17-5-1-2-8(7-17)12(18)19/h3-4,6,8H,1-2,5,7H2,(H,16,20)(H,18,19). The fourth-order valence-electron chi connectivity index (χ4n) is 2.15. The number of anilines is 1. The summed E-state index contributed by atoms with van der Waals surface area (Å²) in [6.45, 7) is 0.598. The van der Waals surface area contributed by atoms with Crippen LogP contribution in [0.4, 0.5) is 14.9 Å². The lowest BCUT2D eigenvalue weighted by atomic mass is 9.99. The van der Waals surface area contributed by atoms with Crippen LogP contribution in [0.1, 0.15) is 12.8 Å². The van der Waals surface area contributed by atoms with Gasteiger partial charge in [-0.25, -0.2) is 9.18 Å². The van der Waals surface area contributed by atoms with E-state index in [0.717, 1.165) is 6.07 Å². The number of rotatable bonds is 2. The van der Waals surface area contributed by atoms with Gasteiger partial charge in [0, 0.05) is 18.1 Å². The summed E-state index contributed by atoms with van der Waals surface area (Å²) in [6.07, 6.45) is 1.17. The highest BCUT2D eigenvalue weighted by atomic mass is 35.5. The van der Waals surface area contributed by atoms with Crippen LogP contribution in [0.15, 0.2) is 18.2 Å². The minimum Gasteiger partial charge on any atom is -0.481 e. The number of carbonyl (C=O) groups excluding carboxylic acids is 1. The molecule has 1 heterocycles. The molecule has 1 saturated heterocycles. The molecule has 108 valence electrons. The molecule has 2 rings (SSSR count). The zero-order valence-corrected chi connectivity index (χ0v) is 11.4. The van der Waals surface area contributed by atoms with Crippen LogP contribution in [0.2, 0.25) is 5.02 Å². The van der Waals surface area contributed by atoms with Crippen LogP contribution >= 0.6 is 11.6 Å². The van der Waals surface area contributed by atoms with Crippen molar-refractivity contribution in [3.8, 4) is 0 Å². The van der Waals surface area contributed by atoms with Crippen LogP contribution in [0.25, 0.3) is 0 Å². The molecule has 0 radical (unpaired) electrons. The quantitative estimate of drug-likeness (QED) is 0.882. The number of hydrogen-bond acceptors (Lipinski definition) is 2. The Bertz CT molecular complexity index is 538. The largest absolute Gasteiger partial charge is 0.481 e. The summed E-state index contributed by atoms with van der Waals surface area (Å²) >= 11 is 5.63. The van der Waals surface area contributed by atoms with Crippen molar-refractivity contribution in [2.45, 2.75) is 12.8 Å². The van der Waals surface area contributed by atoms with E-state index in [2.05, 4.69) is 5.32 Å². The molecular weight excluding hydrogens is 287 g/mol. The lowest BCUT2D eigenvalue weighted by molar-refractivity contribution is -0.143.